The number of furan rings is 1. The van der Waals surface area contributed by atoms with Gasteiger partial charge in [0, 0.05) is 38.6 Å². The van der Waals surface area contributed by atoms with E-state index >= 15 is 0 Å². The van der Waals surface area contributed by atoms with Crippen LogP contribution in [0, 0.1) is 0 Å². The largest absolute Gasteiger partial charge is 0.455 e. The number of nitrogens with zero attached hydrogens (tertiary/aromatic N) is 2. The van der Waals surface area contributed by atoms with Gasteiger partial charge < -0.3 is 13.9 Å². The first-order valence-corrected chi connectivity index (χ1v) is 20.2. The maximum Gasteiger partial charge on any atom is 0.143 e. The predicted molar refractivity (Wildman–Crippen MR) is 257 cm³/mol. The molecule has 0 aliphatic heterocycles. The van der Waals surface area contributed by atoms with Crippen molar-refractivity contribution in [3.05, 3.63) is 230 Å². The molecule has 2 aromatic heterocycles. The summed E-state index contributed by atoms with van der Waals surface area (Å²) in [5.74, 6) is 0. The van der Waals surface area contributed by atoms with Gasteiger partial charge in [0.15, 0.2) is 0 Å². The van der Waals surface area contributed by atoms with Crippen molar-refractivity contribution in [1.82, 2.24) is 4.57 Å². The number of anilines is 3. The van der Waals surface area contributed by atoms with Crippen LogP contribution in [0.1, 0.15) is 11.0 Å². The molecule has 12 aromatic rings. The van der Waals surface area contributed by atoms with E-state index < -0.39 is 24.2 Å². The summed E-state index contributed by atoms with van der Waals surface area (Å²) in [6.45, 7) is 0. The highest BCUT2D eigenvalue weighted by molar-refractivity contribution is 6.19. The van der Waals surface area contributed by atoms with Gasteiger partial charge in [0.2, 0.25) is 0 Å². The Bertz CT molecular complexity index is 4030. The molecule has 2 heterocycles. The van der Waals surface area contributed by atoms with Gasteiger partial charge >= 0.3 is 0 Å². The van der Waals surface area contributed by atoms with Crippen LogP contribution in [0.4, 0.5) is 17.1 Å². The molecule has 0 bridgehead atoms. The Morgan fingerprint density at radius 1 is 0.426 bits per heavy atom. The Hall–Kier alpha value is -8.14. The van der Waals surface area contributed by atoms with E-state index in [0.29, 0.717) is 38.8 Å². The molecule has 0 aliphatic carbocycles. The van der Waals surface area contributed by atoms with Crippen molar-refractivity contribution in [2.24, 2.45) is 0 Å². The molecular formula is C58H38N2O. The fourth-order valence-corrected chi connectivity index (χ4v) is 8.67. The summed E-state index contributed by atoms with van der Waals surface area (Å²) in [6.07, 6.45) is 0. The molecule has 12 rings (SSSR count). The number of hydrogen-bond donors (Lipinski definition) is 0. The van der Waals surface area contributed by atoms with Crippen molar-refractivity contribution in [3.8, 4) is 39.1 Å². The summed E-state index contributed by atoms with van der Waals surface area (Å²) < 4.78 is 86.1. The molecule has 0 aliphatic rings. The first kappa shape index (κ1) is 27.5. The number of fused-ring (bicyclic) bond motifs is 8. The monoisotopic (exact) mass is 786 g/mol. The Balaban J connectivity index is 1.13. The molecule has 0 fully saturated rings. The second kappa shape index (κ2) is 14.3. The number of hydrogen-bond acceptors (Lipinski definition) is 2. The lowest BCUT2D eigenvalue weighted by Gasteiger charge is -2.27. The molecule has 3 nitrogen and oxygen atoms in total. The van der Waals surface area contributed by atoms with Crippen molar-refractivity contribution in [2.45, 2.75) is 0 Å². The van der Waals surface area contributed by atoms with Gasteiger partial charge in [-0.15, -0.1) is 0 Å². The molecular weight excluding hydrogens is 741 g/mol. The molecule has 0 N–H and O–H groups in total. The smallest absolute Gasteiger partial charge is 0.143 e. The van der Waals surface area contributed by atoms with Gasteiger partial charge in [-0.1, -0.05) is 158 Å². The van der Waals surface area contributed by atoms with Crippen molar-refractivity contribution in [2.75, 3.05) is 4.90 Å². The first-order chi connectivity index (χ1) is 33.6. The van der Waals surface area contributed by atoms with Gasteiger partial charge in [-0.25, -0.2) is 0 Å². The average molecular weight is 787 g/mol. The lowest BCUT2D eigenvalue weighted by atomic mass is 9.99. The number of aromatic nitrogens is 1. The zero-order valence-electron chi connectivity index (χ0n) is 40.6. The lowest BCUT2D eigenvalue weighted by Crippen LogP contribution is -2.10. The fraction of sp³-hybridized carbons (Fsp3) is 0. The van der Waals surface area contributed by atoms with E-state index in [0.717, 1.165) is 49.4 Å². The van der Waals surface area contributed by atoms with Crippen LogP contribution in [0.2, 0.25) is 0 Å². The normalized spacial score (nSPS) is 13.4. The number of para-hydroxylation sites is 2. The van der Waals surface area contributed by atoms with E-state index in [-0.39, 0.29) is 46.7 Å². The van der Waals surface area contributed by atoms with E-state index in [1.807, 2.05) is 158 Å². The third-order valence-electron chi connectivity index (χ3n) is 11.5. The molecule has 10 aromatic carbocycles. The van der Waals surface area contributed by atoms with Gasteiger partial charge in [-0.3, -0.25) is 0 Å². The summed E-state index contributed by atoms with van der Waals surface area (Å²) in [5.41, 5.74) is 6.84. The topological polar surface area (TPSA) is 21.3 Å². The molecule has 0 spiro atoms. The summed E-state index contributed by atoms with van der Waals surface area (Å²) in [6, 6.07) is 54.9. The zero-order chi connectivity index (χ0) is 47.2. The Kier molecular flexibility index (Phi) is 6.45. The highest BCUT2D eigenvalue weighted by Gasteiger charge is 2.21. The molecule has 0 amide bonds. The maximum atomic E-state index is 10.2. The Labute approximate surface area is 364 Å². The van der Waals surface area contributed by atoms with Crippen molar-refractivity contribution in [3.63, 3.8) is 0 Å². The van der Waals surface area contributed by atoms with Gasteiger partial charge in [0.1, 0.15) is 11.2 Å². The minimum Gasteiger partial charge on any atom is -0.455 e. The molecule has 61 heavy (non-hydrogen) atoms. The second-order valence-electron chi connectivity index (χ2n) is 15.1. The van der Waals surface area contributed by atoms with Crippen LogP contribution in [0.25, 0.3) is 93.6 Å². The van der Waals surface area contributed by atoms with Crippen LogP contribution >= 0.6 is 0 Å². The average Bonchev–Trinajstić information content (AvgIpc) is 3.94. The highest BCUT2D eigenvalue weighted by atomic mass is 16.3. The standard InChI is InChI=1S/C58H38N2O/c1-3-13-39(14-4-1)40-25-27-41(28-26-40)42-29-33-47(34-30-42)59(55-23-12-24-56-57(55)51-35-31-43-15-7-8-20-49(43)58(51)61-56)48-19-11-16-44(37-48)45-32-36-54-52(38-45)50-21-9-10-22-53(50)60(54)46-17-5-2-6-18-46/h1-38H/i11D,16D,19D,29D,30D,33D,34D,37D. The molecule has 0 saturated heterocycles. The lowest BCUT2D eigenvalue weighted by molar-refractivity contribution is 0.672. The van der Waals surface area contributed by atoms with Crippen LogP contribution in [-0.4, -0.2) is 4.57 Å². The van der Waals surface area contributed by atoms with Crippen LogP contribution < -0.4 is 4.90 Å². The third kappa shape index (κ3) is 5.90. The molecule has 0 radical (unpaired) electrons. The Morgan fingerprint density at radius 2 is 1.10 bits per heavy atom. The minimum absolute atomic E-state index is 0.0787. The highest BCUT2D eigenvalue weighted by Crippen LogP contribution is 2.45. The van der Waals surface area contributed by atoms with Crippen LogP contribution in [0.5, 0.6) is 0 Å². The van der Waals surface area contributed by atoms with Crippen molar-refractivity contribution in [1.29, 1.82) is 0 Å². The summed E-state index contributed by atoms with van der Waals surface area (Å²) >= 11 is 0. The quantitative estimate of drug-likeness (QED) is 0.160. The molecule has 0 unspecified atom stereocenters. The summed E-state index contributed by atoms with van der Waals surface area (Å²) in [4.78, 5) is 1.42. The summed E-state index contributed by atoms with van der Waals surface area (Å²) in [7, 11) is 0. The first-order valence-electron chi connectivity index (χ1n) is 24.2. The number of rotatable bonds is 7. The van der Waals surface area contributed by atoms with Crippen molar-refractivity contribution < 1.29 is 15.4 Å². The SMILES string of the molecule is [2H]c1c([2H])c(-c2ccc3c(c2)c2ccccc2n3-c2ccccc2)c([2H])c(N(c2c([2H])c([2H])c(-c3ccc(-c4ccccc4)cc3)c([2H])c2[2H])c2cccc3oc4c5ccccc5ccc4c23)c1[2H]. The van der Waals surface area contributed by atoms with Gasteiger partial charge in [-0.05, 0) is 111 Å². The summed E-state index contributed by atoms with van der Waals surface area (Å²) in [5, 5.41) is 4.86. The van der Waals surface area contributed by atoms with E-state index in [4.69, 9.17) is 4.42 Å². The van der Waals surface area contributed by atoms with E-state index in [1.54, 1.807) is 24.3 Å². The predicted octanol–water partition coefficient (Wildman–Crippen LogP) is 16.3. The number of benzene rings is 10. The molecule has 0 saturated carbocycles. The fourth-order valence-electron chi connectivity index (χ4n) is 8.67. The van der Waals surface area contributed by atoms with Crippen LogP contribution in [0.3, 0.4) is 0 Å². The molecule has 3 heteroatoms. The molecule has 0 atom stereocenters. The van der Waals surface area contributed by atoms with Gasteiger partial charge in [-0.2, -0.15) is 0 Å². The van der Waals surface area contributed by atoms with Crippen LogP contribution in [-0.2, 0) is 0 Å². The Morgan fingerprint density at radius 3 is 1.92 bits per heavy atom. The van der Waals surface area contributed by atoms with Crippen molar-refractivity contribution >= 4 is 71.6 Å². The third-order valence-corrected chi connectivity index (χ3v) is 11.5. The van der Waals surface area contributed by atoms with Crippen LogP contribution in [0.15, 0.2) is 235 Å². The minimum atomic E-state index is -0.483. The molecule has 286 valence electrons. The van der Waals surface area contributed by atoms with E-state index in [2.05, 4.69) is 4.57 Å². The zero-order valence-corrected chi connectivity index (χ0v) is 32.6. The van der Waals surface area contributed by atoms with E-state index in [1.165, 1.54) is 4.90 Å². The van der Waals surface area contributed by atoms with E-state index in [9.17, 15) is 11.0 Å². The van der Waals surface area contributed by atoms with Gasteiger partial charge in [0.25, 0.3) is 0 Å². The maximum absolute atomic E-state index is 10.2. The van der Waals surface area contributed by atoms with Gasteiger partial charge in [0.05, 0.1) is 33.1 Å². The second-order valence-corrected chi connectivity index (χ2v) is 15.1.